The smallest absolute Gasteiger partial charge is 0.194 e. The summed E-state index contributed by atoms with van der Waals surface area (Å²) in [6.07, 6.45) is 1.76. The number of ether oxygens (including phenoxy) is 2. The highest BCUT2D eigenvalue weighted by Crippen LogP contribution is 2.32. The Kier molecular flexibility index (Phi) is 5.53. The maximum absolute atomic E-state index is 12.8. The molecule has 0 N–H and O–H groups in total. The molecule has 2 saturated heterocycles. The highest BCUT2D eigenvalue weighted by Gasteiger charge is 2.39. The third-order valence-corrected chi connectivity index (χ3v) is 6.04. The van der Waals surface area contributed by atoms with E-state index < -0.39 is 0 Å². The third kappa shape index (κ3) is 4.05. The normalized spacial score (nSPS) is 19.5. The molecule has 2 aromatic rings. The minimum Gasteiger partial charge on any atom is -0.347 e. The molecule has 142 valence electrons. The van der Waals surface area contributed by atoms with Gasteiger partial charge in [0.15, 0.2) is 11.6 Å². The summed E-state index contributed by atoms with van der Waals surface area (Å²) in [5.74, 6) is -0.479. The van der Waals surface area contributed by atoms with E-state index in [-0.39, 0.29) is 11.6 Å². The van der Waals surface area contributed by atoms with Gasteiger partial charge < -0.3 is 9.47 Å². The molecule has 2 heterocycles. The molecule has 2 fully saturated rings. The molecular formula is C21H21Cl2NO3. The number of likely N-dealkylation sites (tertiary alicyclic amines) is 1. The lowest BCUT2D eigenvalue weighted by Crippen LogP contribution is -2.44. The number of piperidine rings is 1. The SMILES string of the molecule is O=C(c1cccc(CN2CCC3(CC2)OCCO3)c1)c1cccc(Cl)c1Cl. The van der Waals surface area contributed by atoms with Crippen LogP contribution in [0.1, 0.15) is 34.3 Å². The number of rotatable bonds is 4. The molecule has 0 bridgehead atoms. The van der Waals surface area contributed by atoms with Gasteiger partial charge in [-0.1, -0.05) is 47.5 Å². The maximum atomic E-state index is 12.8. The highest BCUT2D eigenvalue weighted by molar-refractivity contribution is 6.44. The largest absolute Gasteiger partial charge is 0.347 e. The Morgan fingerprint density at radius 3 is 2.48 bits per heavy atom. The van der Waals surface area contributed by atoms with E-state index in [1.54, 1.807) is 18.2 Å². The van der Waals surface area contributed by atoms with Crippen LogP contribution < -0.4 is 0 Å². The molecule has 2 aliphatic rings. The van der Waals surface area contributed by atoms with Crippen molar-refractivity contribution in [2.75, 3.05) is 26.3 Å². The monoisotopic (exact) mass is 405 g/mol. The fourth-order valence-electron chi connectivity index (χ4n) is 3.74. The van der Waals surface area contributed by atoms with Gasteiger partial charge in [-0.25, -0.2) is 0 Å². The van der Waals surface area contributed by atoms with Gasteiger partial charge in [0.05, 0.1) is 23.3 Å². The summed E-state index contributed by atoms with van der Waals surface area (Å²) >= 11 is 12.3. The number of carbonyl (C=O) groups is 1. The van der Waals surface area contributed by atoms with Crippen molar-refractivity contribution in [3.63, 3.8) is 0 Å². The predicted molar refractivity (Wildman–Crippen MR) is 105 cm³/mol. The average Bonchev–Trinajstić information content (AvgIpc) is 3.14. The lowest BCUT2D eigenvalue weighted by molar-refractivity contribution is -0.185. The minimum atomic E-state index is -0.363. The van der Waals surface area contributed by atoms with Crippen LogP contribution in [0.2, 0.25) is 10.0 Å². The summed E-state index contributed by atoms with van der Waals surface area (Å²) in [5.41, 5.74) is 2.15. The Balaban J connectivity index is 1.45. The zero-order chi connectivity index (χ0) is 18.9. The van der Waals surface area contributed by atoms with Gasteiger partial charge >= 0.3 is 0 Å². The number of hydrogen-bond acceptors (Lipinski definition) is 4. The first-order valence-electron chi connectivity index (χ1n) is 9.14. The first-order chi connectivity index (χ1) is 13.1. The summed E-state index contributed by atoms with van der Waals surface area (Å²) in [7, 11) is 0. The van der Waals surface area contributed by atoms with Gasteiger partial charge in [-0.3, -0.25) is 9.69 Å². The van der Waals surface area contributed by atoms with Crippen molar-refractivity contribution >= 4 is 29.0 Å². The van der Waals surface area contributed by atoms with Crippen LogP contribution in [-0.2, 0) is 16.0 Å². The number of nitrogens with zero attached hydrogens (tertiary/aromatic N) is 1. The van der Waals surface area contributed by atoms with Crippen molar-refractivity contribution in [2.24, 2.45) is 0 Å². The van der Waals surface area contributed by atoms with Crippen molar-refractivity contribution in [3.05, 3.63) is 69.2 Å². The summed E-state index contributed by atoms with van der Waals surface area (Å²) in [4.78, 5) is 15.2. The summed E-state index contributed by atoms with van der Waals surface area (Å²) in [5, 5.41) is 0.685. The lowest BCUT2D eigenvalue weighted by Gasteiger charge is -2.37. The van der Waals surface area contributed by atoms with Gasteiger partial charge in [0, 0.05) is 43.6 Å². The predicted octanol–water partition coefficient (Wildman–Crippen LogP) is 4.56. The van der Waals surface area contributed by atoms with Gasteiger partial charge in [0.25, 0.3) is 0 Å². The molecule has 0 radical (unpaired) electrons. The molecule has 0 aliphatic carbocycles. The first kappa shape index (κ1) is 18.9. The summed E-state index contributed by atoms with van der Waals surface area (Å²) in [6.45, 7) is 4.00. The van der Waals surface area contributed by atoms with E-state index in [0.717, 1.165) is 38.0 Å². The van der Waals surface area contributed by atoms with Crippen molar-refractivity contribution in [1.82, 2.24) is 4.90 Å². The summed E-state index contributed by atoms with van der Waals surface area (Å²) < 4.78 is 11.6. The molecular weight excluding hydrogens is 385 g/mol. The number of carbonyl (C=O) groups excluding carboxylic acids is 1. The Morgan fingerprint density at radius 1 is 1.04 bits per heavy atom. The zero-order valence-electron chi connectivity index (χ0n) is 14.9. The van der Waals surface area contributed by atoms with Gasteiger partial charge in [0.1, 0.15) is 0 Å². The molecule has 0 aromatic heterocycles. The van der Waals surface area contributed by atoms with Crippen molar-refractivity contribution in [2.45, 2.75) is 25.2 Å². The van der Waals surface area contributed by atoms with Crippen LogP contribution in [0.15, 0.2) is 42.5 Å². The van der Waals surface area contributed by atoms with E-state index in [1.165, 1.54) is 0 Å². The molecule has 1 spiro atoms. The maximum Gasteiger partial charge on any atom is 0.194 e. The average molecular weight is 406 g/mol. The lowest BCUT2D eigenvalue weighted by atomic mass is 10.00. The molecule has 0 atom stereocenters. The van der Waals surface area contributed by atoms with Crippen LogP contribution >= 0.6 is 23.2 Å². The van der Waals surface area contributed by atoms with Gasteiger partial charge in [0.2, 0.25) is 0 Å². The van der Waals surface area contributed by atoms with Crippen LogP contribution in [0.4, 0.5) is 0 Å². The fraction of sp³-hybridized carbons (Fsp3) is 0.381. The van der Waals surface area contributed by atoms with Crippen LogP contribution in [0.3, 0.4) is 0 Å². The molecule has 2 aliphatic heterocycles. The van der Waals surface area contributed by atoms with Crippen LogP contribution in [-0.4, -0.2) is 42.8 Å². The van der Waals surface area contributed by atoms with Crippen molar-refractivity contribution in [3.8, 4) is 0 Å². The number of halogens is 2. The Hall–Kier alpha value is -1.43. The topological polar surface area (TPSA) is 38.8 Å². The third-order valence-electron chi connectivity index (χ3n) is 5.22. The molecule has 0 unspecified atom stereocenters. The molecule has 27 heavy (non-hydrogen) atoms. The Bertz CT molecular complexity index is 839. The van der Waals surface area contributed by atoms with E-state index in [4.69, 9.17) is 32.7 Å². The molecule has 4 nitrogen and oxygen atoms in total. The summed E-state index contributed by atoms with van der Waals surface area (Å²) in [6, 6.07) is 12.8. The van der Waals surface area contributed by atoms with Gasteiger partial charge in [-0.2, -0.15) is 0 Å². The number of hydrogen-bond donors (Lipinski definition) is 0. The second kappa shape index (κ2) is 7.90. The van der Waals surface area contributed by atoms with Crippen molar-refractivity contribution < 1.29 is 14.3 Å². The second-order valence-electron chi connectivity index (χ2n) is 7.01. The quantitative estimate of drug-likeness (QED) is 0.698. The van der Waals surface area contributed by atoms with Crippen molar-refractivity contribution in [1.29, 1.82) is 0 Å². The van der Waals surface area contributed by atoms with Crippen LogP contribution in [0.5, 0.6) is 0 Å². The number of benzene rings is 2. The molecule has 0 amide bonds. The van der Waals surface area contributed by atoms with E-state index in [1.807, 2.05) is 24.3 Å². The van der Waals surface area contributed by atoms with Crippen LogP contribution in [0.25, 0.3) is 0 Å². The molecule has 2 aromatic carbocycles. The van der Waals surface area contributed by atoms with Gasteiger partial charge in [-0.15, -0.1) is 0 Å². The molecule has 4 rings (SSSR count). The van der Waals surface area contributed by atoms with Crippen LogP contribution in [0, 0.1) is 0 Å². The second-order valence-corrected chi connectivity index (χ2v) is 7.80. The van der Waals surface area contributed by atoms with E-state index >= 15 is 0 Å². The Labute approximate surface area is 169 Å². The van der Waals surface area contributed by atoms with Gasteiger partial charge in [-0.05, 0) is 23.8 Å². The zero-order valence-corrected chi connectivity index (χ0v) is 16.4. The van der Waals surface area contributed by atoms with E-state index in [9.17, 15) is 4.79 Å². The molecule has 6 heteroatoms. The van der Waals surface area contributed by atoms with E-state index in [2.05, 4.69) is 4.90 Å². The molecule has 0 saturated carbocycles. The highest BCUT2D eigenvalue weighted by atomic mass is 35.5. The van der Waals surface area contributed by atoms with E-state index in [0.29, 0.717) is 34.4 Å². The standard InChI is InChI=1S/C21H21Cl2NO3/c22-18-6-2-5-17(19(18)23)20(25)16-4-1-3-15(13-16)14-24-9-7-21(8-10-24)26-11-12-27-21/h1-6,13H,7-12,14H2. The Morgan fingerprint density at radius 2 is 1.74 bits per heavy atom. The minimum absolute atomic E-state index is 0.116. The first-order valence-corrected chi connectivity index (χ1v) is 9.90. The fourth-order valence-corrected chi connectivity index (χ4v) is 4.13. The number of ketones is 1.